The first kappa shape index (κ1) is 24.1. The minimum Gasteiger partial charge on any atom is -0.497 e. The lowest BCUT2D eigenvalue weighted by Crippen LogP contribution is -2.19. The van der Waals surface area contributed by atoms with E-state index in [1.807, 2.05) is 0 Å². The Kier molecular flexibility index (Phi) is 6.14. The van der Waals surface area contributed by atoms with Gasteiger partial charge in [-0.1, -0.05) is 17.3 Å². The van der Waals surface area contributed by atoms with Crippen LogP contribution in [-0.4, -0.2) is 32.4 Å². The number of ether oxygens (including phenoxy) is 2. The van der Waals surface area contributed by atoms with Crippen molar-refractivity contribution in [2.75, 3.05) is 18.9 Å². The average molecular weight is 522 g/mol. The van der Waals surface area contributed by atoms with Crippen molar-refractivity contribution < 1.29 is 26.8 Å². The fraction of sp³-hybridized carbons (Fsp3) is 0.0769. The summed E-state index contributed by atoms with van der Waals surface area (Å²) in [6, 6.07) is 18.0. The van der Waals surface area contributed by atoms with E-state index < -0.39 is 21.4 Å². The number of hydrogen-bond acceptors (Lipinski definition) is 7. The lowest BCUT2D eigenvalue weighted by Gasteiger charge is -2.17. The number of halogens is 1. The van der Waals surface area contributed by atoms with E-state index in [-0.39, 0.29) is 27.7 Å². The fourth-order valence-electron chi connectivity index (χ4n) is 3.99. The number of sulfonamides is 1. The van der Waals surface area contributed by atoms with E-state index in [1.165, 1.54) is 73.6 Å². The molecule has 0 radical (unpaired) electrons. The first-order chi connectivity index (χ1) is 17.8. The van der Waals surface area contributed by atoms with Crippen LogP contribution in [0.5, 0.6) is 11.5 Å². The summed E-state index contributed by atoms with van der Waals surface area (Å²) in [5, 5.41) is 3.99. The van der Waals surface area contributed by atoms with Crippen LogP contribution in [-0.2, 0) is 10.0 Å². The zero-order valence-corrected chi connectivity index (χ0v) is 20.5. The highest BCUT2D eigenvalue weighted by Gasteiger charge is 2.20. The number of benzene rings is 3. The van der Waals surface area contributed by atoms with E-state index in [0.29, 0.717) is 22.2 Å². The number of aromatic nitrogens is 2. The van der Waals surface area contributed by atoms with Gasteiger partial charge >= 0.3 is 0 Å². The number of hydrogen-bond donors (Lipinski definition) is 1. The summed E-state index contributed by atoms with van der Waals surface area (Å²) in [5.74, 6) is 0.262. The van der Waals surface area contributed by atoms with Gasteiger partial charge in [0.15, 0.2) is 5.82 Å². The van der Waals surface area contributed by atoms with Crippen molar-refractivity contribution >= 4 is 26.7 Å². The molecule has 0 spiro atoms. The van der Waals surface area contributed by atoms with E-state index >= 15 is 4.39 Å². The van der Waals surface area contributed by atoms with Crippen LogP contribution in [0.1, 0.15) is 0 Å². The molecule has 2 aromatic heterocycles. The number of nitrogens with one attached hydrogen (secondary N) is 1. The minimum atomic E-state index is -3.98. The molecule has 3 aromatic carbocycles. The topological polar surface area (TPSA) is 113 Å². The first-order valence-electron chi connectivity index (χ1n) is 10.9. The molecule has 0 aliphatic rings. The molecule has 0 amide bonds. The van der Waals surface area contributed by atoms with Gasteiger partial charge in [-0.3, -0.25) is 14.1 Å². The number of anilines is 1. The summed E-state index contributed by atoms with van der Waals surface area (Å²) in [4.78, 5) is 12.9. The molecule has 0 aliphatic heterocycles. The van der Waals surface area contributed by atoms with E-state index in [1.54, 1.807) is 24.3 Å². The SMILES string of the molecule is COc1cccc(-c2cc(OC)c(-n3c(=O)ccc4cc(S(=O)(=O)Nc5ccon5)ccc43)cc2F)c1. The molecular weight excluding hydrogens is 501 g/mol. The Morgan fingerprint density at radius 3 is 2.54 bits per heavy atom. The Bertz CT molecular complexity index is 1780. The molecule has 11 heteroatoms. The van der Waals surface area contributed by atoms with E-state index in [9.17, 15) is 13.2 Å². The summed E-state index contributed by atoms with van der Waals surface area (Å²) >= 11 is 0. The molecule has 1 N–H and O–H groups in total. The summed E-state index contributed by atoms with van der Waals surface area (Å²) in [5.41, 5.74) is 0.912. The Morgan fingerprint density at radius 1 is 0.973 bits per heavy atom. The van der Waals surface area contributed by atoms with Crippen LogP contribution in [0.4, 0.5) is 10.2 Å². The van der Waals surface area contributed by atoms with Gasteiger partial charge in [-0.05, 0) is 48.0 Å². The molecule has 0 fully saturated rings. The van der Waals surface area contributed by atoms with Crippen LogP contribution in [0, 0.1) is 5.82 Å². The van der Waals surface area contributed by atoms with Crippen molar-refractivity contribution in [3.63, 3.8) is 0 Å². The number of rotatable bonds is 7. The van der Waals surface area contributed by atoms with Gasteiger partial charge in [0.1, 0.15) is 23.6 Å². The highest BCUT2D eigenvalue weighted by Crippen LogP contribution is 2.34. The second-order valence-electron chi connectivity index (χ2n) is 7.95. The molecule has 2 heterocycles. The second-order valence-corrected chi connectivity index (χ2v) is 9.64. The Morgan fingerprint density at radius 2 is 1.81 bits per heavy atom. The van der Waals surface area contributed by atoms with Crippen molar-refractivity contribution in [1.29, 1.82) is 0 Å². The molecule has 0 saturated carbocycles. The van der Waals surface area contributed by atoms with Crippen LogP contribution in [0.25, 0.3) is 27.7 Å². The second kappa shape index (κ2) is 9.43. The predicted octanol–water partition coefficient (Wildman–Crippen LogP) is 4.60. The minimum absolute atomic E-state index is 0.0291. The Hall–Kier alpha value is -4.64. The van der Waals surface area contributed by atoms with Crippen LogP contribution < -0.4 is 19.8 Å². The van der Waals surface area contributed by atoms with Crippen molar-refractivity contribution in [2.24, 2.45) is 0 Å². The normalized spacial score (nSPS) is 11.4. The number of pyridine rings is 1. The predicted molar refractivity (Wildman–Crippen MR) is 135 cm³/mol. The van der Waals surface area contributed by atoms with E-state index in [4.69, 9.17) is 9.47 Å². The fourth-order valence-corrected chi connectivity index (χ4v) is 5.02. The average Bonchev–Trinajstić information content (AvgIpc) is 3.40. The lowest BCUT2D eigenvalue weighted by atomic mass is 10.0. The largest absolute Gasteiger partial charge is 0.497 e. The van der Waals surface area contributed by atoms with E-state index in [0.717, 1.165) is 0 Å². The molecule has 0 aliphatic carbocycles. The molecule has 0 bridgehead atoms. The third kappa shape index (κ3) is 4.52. The smallest absolute Gasteiger partial charge is 0.263 e. The summed E-state index contributed by atoms with van der Waals surface area (Å²) in [7, 11) is -1.04. The monoisotopic (exact) mass is 521 g/mol. The Labute approximate surface area is 210 Å². The molecule has 188 valence electrons. The number of methoxy groups -OCH3 is 2. The molecule has 0 atom stereocenters. The molecule has 5 rings (SSSR count). The third-order valence-electron chi connectivity index (χ3n) is 5.74. The molecular formula is C26H20FN3O6S. The van der Waals surface area contributed by atoms with Crippen molar-refractivity contribution in [3.8, 4) is 28.3 Å². The van der Waals surface area contributed by atoms with E-state index in [2.05, 4.69) is 14.4 Å². The molecule has 5 aromatic rings. The molecule has 0 saturated heterocycles. The van der Waals surface area contributed by atoms with Crippen molar-refractivity contribution in [1.82, 2.24) is 9.72 Å². The highest BCUT2D eigenvalue weighted by atomic mass is 32.2. The van der Waals surface area contributed by atoms with Crippen molar-refractivity contribution in [3.05, 3.63) is 95.2 Å². The highest BCUT2D eigenvalue weighted by molar-refractivity contribution is 7.92. The van der Waals surface area contributed by atoms with Gasteiger partial charge < -0.3 is 14.0 Å². The zero-order chi connectivity index (χ0) is 26.2. The van der Waals surface area contributed by atoms with Crippen molar-refractivity contribution in [2.45, 2.75) is 4.90 Å². The van der Waals surface area contributed by atoms with Gasteiger partial charge in [-0.15, -0.1) is 0 Å². The molecule has 0 unspecified atom stereocenters. The van der Waals surface area contributed by atoms with Gasteiger partial charge in [0, 0.05) is 29.1 Å². The van der Waals surface area contributed by atoms with Gasteiger partial charge in [0.05, 0.1) is 30.3 Å². The van der Waals surface area contributed by atoms with Crippen LogP contribution in [0.15, 0.2) is 93.3 Å². The maximum absolute atomic E-state index is 15.4. The number of nitrogens with zero attached hydrogens (tertiary/aromatic N) is 2. The van der Waals surface area contributed by atoms with Gasteiger partial charge in [0.2, 0.25) is 0 Å². The standard InChI is InChI=1S/C26H20FN3O6S/c1-34-18-5-3-4-16(12-18)20-14-24(35-2)23(15-21(20)27)30-22-8-7-19(13-17(22)6-9-26(30)31)37(32,33)29-25-10-11-36-28-25/h3-15H,1-2H3,(H,28,29). The first-order valence-corrected chi connectivity index (χ1v) is 12.4. The third-order valence-corrected chi connectivity index (χ3v) is 7.10. The molecule has 9 nitrogen and oxygen atoms in total. The van der Waals surface area contributed by atoms with Gasteiger partial charge in [0.25, 0.3) is 15.6 Å². The summed E-state index contributed by atoms with van der Waals surface area (Å²) < 4.78 is 60.0. The summed E-state index contributed by atoms with van der Waals surface area (Å²) in [6.45, 7) is 0. The van der Waals surface area contributed by atoms with Gasteiger partial charge in [-0.25, -0.2) is 12.8 Å². The number of fused-ring (bicyclic) bond motifs is 1. The molecule has 37 heavy (non-hydrogen) atoms. The van der Waals surface area contributed by atoms with Gasteiger partial charge in [-0.2, -0.15) is 0 Å². The zero-order valence-electron chi connectivity index (χ0n) is 19.6. The van der Waals surface area contributed by atoms with Crippen LogP contribution in [0.2, 0.25) is 0 Å². The summed E-state index contributed by atoms with van der Waals surface area (Å²) in [6.07, 6.45) is 1.24. The Balaban J connectivity index is 1.64. The quantitative estimate of drug-likeness (QED) is 0.333. The maximum atomic E-state index is 15.4. The van der Waals surface area contributed by atoms with Crippen LogP contribution in [0.3, 0.4) is 0 Å². The lowest BCUT2D eigenvalue weighted by molar-refractivity contribution is 0.411. The van der Waals surface area contributed by atoms with Crippen LogP contribution >= 0.6 is 0 Å². The maximum Gasteiger partial charge on any atom is 0.263 e.